The van der Waals surface area contributed by atoms with E-state index in [-0.39, 0.29) is 17.3 Å². The van der Waals surface area contributed by atoms with Crippen LogP contribution in [0, 0.1) is 19.7 Å². The predicted molar refractivity (Wildman–Crippen MR) is 131 cm³/mol. The zero-order valence-electron chi connectivity index (χ0n) is 19.3. The Bertz CT molecular complexity index is 1170. The average molecular weight is 444 g/mol. The van der Waals surface area contributed by atoms with Gasteiger partial charge in [0, 0.05) is 29.9 Å². The number of amides is 2. The van der Waals surface area contributed by atoms with Crippen LogP contribution in [0.1, 0.15) is 35.1 Å². The lowest BCUT2D eigenvalue weighted by Crippen LogP contribution is -2.46. The van der Waals surface area contributed by atoms with E-state index >= 15 is 0 Å². The highest BCUT2D eigenvalue weighted by atomic mass is 19.1. The van der Waals surface area contributed by atoms with Crippen LogP contribution in [0.5, 0.6) is 0 Å². The van der Waals surface area contributed by atoms with Crippen LogP contribution in [0.3, 0.4) is 0 Å². The molecule has 5 rings (SSSR count). The van der Waals surface area contributed by atoms with E-state index in [4.69, 9.17) is 0 Å². The van der Waals surface area contributed by atoms with Gasteiger partial charge in [-0.2, -0.15) is 0 Å². The topological polar surface area (TPSA) is 35.6 Å². The molecule has 33 heavy (non-hydrogen) atoms. The molecule has 0 aliphatic carbocycles. The second-order valence-corrected chi connectivity index (χ2v) is 9.59. The molecule has 0 bridgehead atoms. The number of rotatable bonds is 3. The zero-order chi connectivity index (χ0) is 23.0. The van der Waals surface area contributed by atoms with Crippen molar-refractivity contribution in [2.45, 2.75) is 38.6 Å². The molecule has 4 nitrogen and oxygen atoms in total. The van der Waals surface area contributed by atoms with E-state index in [1.165, 1.54) is 17.2 Å². The minimum Gasteiger partial charge on any atom is -0.308 e. The minimum atomic E-state index is -0.240. The van der Waals surface area contributed by atoms with Gasteiger partial charge in [0.05, 0.1) is 0 Å². The number of piperidine rings is 1. The summed E-state index contributed by atoms with van der Waals surface area (Å²) in [6.45, 7) is 7.50. The number of nitrogens with zero attached hydrogens (tertiary/aromatic N) is 2. The molecule has 170 valence electrons. The lowest BCUT2D eigenvalue weighted by molar-refractivity contribution is 0.160. The molecule has 1 spiro atoms. The Kier molecular flexibility index (Phi) is 5.67. The van der Waals surface area contributed by atoms with Crippen molar-refractivity contribution < 1.29 is 9.18 Å². The number of likely N-dealkylation sites (tertiary alicyclic amines) is 1. The SMILES string of the molecule is Cc1ccc(NC(=O)N2CC3(CCN(Cc4cccc(C)c4)CC3)c3cc(F)ccc32)cc1. The first-order valence-corrected chi connectivity index (χ1v) is 11.7. The number of nitrogens with one attached hydrogen (secondary N) is 1. The Labute approximate surface area is 195 Å². The van der Waals surface area contributed by atoms with Gasteiger partial charge in [-0.15, -0.1) is 0 Å². The summed E-state index contributed by atoms with van der Waals surface area (Å²) < 4.78 is 14.3. The van der Waals surface area contributed by atoms with E-state index in [1.54, 1.807) is 17.0 Å². The van der Waals surface area contributed by atoms with Crippen molar-refractivity contribution in [2.75, 3.05) is 29.9 Å². The largest absolute Gasteiger partial charge is 0.326 e. The molecule has 2 aliphatic heterocycles. The smallest absolute Gasteiger partial charge is 0.308 e. The predicted octanol–water partition coefficient (Wildman–Crippen LogP) is 6.03. The summed E-state index contributed by atoms with van der Waals surface area (Å²) >= 11 is 0. The summed E-state index contributed by atoms with van der Waals surface area (Å²) in [6.07, 6.45) is 1.81. The van der Waals surface area contributed by atoms with Crippen molar-refractivity contribution in [3.8, 4) is 0 Å². The molecule has 2 heterocycles. The second-order valence-electron chi connectivity index (χ2n) is 9.59. The van der Waals surface area contributed by atoms with Crippen LogP contribution in [-0.2, 0) is 12.0 Å². The van der Waals surface area contributed by atoms with E-state index in [0.717, 1.165) is 55.0 Å². The third kappa shape index (κ3) is 4.38. The van der Waals surface area contributed by atoms with Gasteiger partial charge in [-0.3, -0.25) is 9.80 Å². The summed E-state index contributed by atoms with van der Waals surface area (Å²) in [6, 6.07) is 21.1. The first kappa shape index (κ1) is 21.7. The Morgan fingerprint density at radius 1 is 0.970 bits per heavy atom. The number of fused-ring (bicyclic) bond motifs is 2. The summed E-state index contributed by atoms with van der Waals surface area (Å²) in [4.78, 5) is 17.5. The third-order valence-corrected chi connectivity index (χ3v) is 7.13. The molecule has 3 aromatic carbocycles. The van der Waals surface area contributed by atoms with Gasteiger partial charge in [0.25, 0.3) is 0 Å². The molecule has 0 aromatic heterocycles. The van der Waals surface area contributed by atoms with Gasteiger partial charge in [-0.1, -0.05) is 47.5 Å². The van der Waals surface area contributed by atoms with Gasteiger partial charge >= 0.3 is 6.03 Å². The number of aryl methyl sites for hydroxylation is 2. The first-order chi connectivity index (χ1) is 15.9. The highest BCUT2D eigenvalue weighted by Gasteiger charge is 2.46. The molecule has 1 N–H and O–H groups in total. The van der Waals surface area contributed by atoms with E-state index in [1.807, 2.05) is 31.2 Å². The van der Waals surface area contributed by atoms with Gasteiger partial charge in [-0.05, 0) is 81.2 Å². The van der Waals surface area contributed by atoms with E-state index in [2.05, 4.69) is 41.4 Å². The number of hydrogen-bond donors (Lipinski definition) is 1. The molecule has 2 aliphatic rings. The molecule has 0 atom stereocenters. The third-order valence-electron chi connectivity index (χ3n) is 7.13. The second kappa shape index (κ2) is 8.64. The maximum atomic E-state index is 14.3. The molecule has 2 amide bonds. The Morgan fingerprint density at radius 3 is 2.45 bits per heavy atom. The van der Waals surface area contributed by atoms with Crippen molar-refractivity contribution in [1.29, 1.82) is 0 Å². The Hall–Kier alpha value is -3.18. The zero-order valence-corrected chi connectivity index (χ0v) is 19.3. The maximum Gasteiger partial charge on any atom is 0.326 e. The number of anilines is 2. The monoisotopic (exact) mass is 443 g/mol. The summed E-state index contributed by atoms with van der Waals surface area (Å²) in [5.41, 5.74) is 6.10. The number of carbonyl (C=O) groups excluding carboxylic acids is 1. The van der Waals surface area contributed by atoms with E-state index in [0.29, 0.717) is 6.54 Å². The van der Waals surface area contributed by atoms with Crippen LogP contribution < -0.4 is 10.2 Å². The maximum absolute atomic E-state index is 14.3. The van der Waals surface area contributed by atoms with Gasteiger partial charge in [0.2, 0.25) is 0 Å². The Balaban J connectivity index is 1.34. The van der Waals surface area contributed by atoms with Gasteiger partial charge in [0.1, 0.15) is 5.82 Å². The number of halogens is 1. The van der Waals surface area contributed by atoms with E-state index in [9.17, 15) is 9.18 Å². The fourth-order valence-electron chi connectivity index (χ4n) is 5.29. The molecule has 3 aromatic rings. The molecule has 1 saturated heterocycles. The standard InChI is InChI=1S/C28H30FN3O/c1-20-6-9-24(10-7-20)30-27(33)32-19-28(25-17-23(29)8-11-26(25)32)12-14-31(15-13-28)18-22-5-3-4-21(2)16-22/h3-11,16-17H,12-15,18-19H2,1-2H3,(H,30,33). The molecular formula is C28H30FN3O. The van der Waals surface area contributed by atoms with Crippen LogP contribution in [0.25, 0.3) is 0 Å². The van der Waals surface area contributed by atoms with Gasteiger partial charge in [-0.25, -0.2) is 9.18 Å². The fraction of sp³-hybridized carbons (Fsp3) is 0.321. The van der Waals surface area contributed by atoms with Crippen LogP contribution in [0.2, 0.25) is 0 Å². The molecular weight excluding hydrogens is 413 g/mol. The summed E-state index contributed by atoms with van der Waals surface area (Å²) in [5, 5.41) is 3.02. The quantitative estimate of drug-likeness (QED) is 0.537. The van der Waals surface area contributed by atoms with Crippen LogP contribution >= 0.6 is 0 Å². The highest BCUT2D eigenvalue weighted by molar-refractivity contribution is 6.03. The normalized spacial score (nSPS) is 17.2. The molecule has 5 heteroatoms. The van der Waals surface area contributed by atoms with Crippen molar-refractivity contribution in [3.63, 3.8) is 0 Å². The fourth-order valence-corrected chi connectivity index (χ4v) is 5.29. The van der Waals surface area contributed by atoms with Crippen molar-refractivity contribution in [3.05, 3.63) is 94.8 Å². The summed E-state index contributed by atoms with van der Waals surface area (Å²) in [5.74, 6) is -0.240. The van der Waals surface area contributed by atoms with E-state index < -0.39 is 0 Å². The highest BCUT2D eigenvalue weighted by Crippen LogP contribution is 2.47. The molecule has 0 unspecified atom stereocenters. The number of hydrogen-bond acceptors (Lipinski definition) is 2. The van der Waals surface area contributed by atoms with Gasteiger partial charge in [0.15, 0.2) is 0 Å². The van der Waals surface area contributed by atoms with Crippen molar-refractivity contribution >= 4 is 17.4 Å². The lowest BCUT2D eigenvalue weighted by Gasteiger charge is -2.40. The number of benzene rings is 3. The van der Waals surface area contributed by atoms with Crippen molar-refractivity contribution in [1.82, 2.24) is 4.90 Å². The van der Waals surface area contributed by atoms with Crippen molar-refractivity contribution in [2.24, 2.45) is 0 Å². The first-order valence-electron chi connectivity index (χ1n) is 11.7. The lowest BCUT2D eigenvalue weighted by atomic mass is 9.74. The Morgan fingerprint density at radius 2 is 1.73 bits per heavy atom. The van der Waals surface area contributed by atoms with Crippen LogP contribution in [0.15, 0.2) is 66.7 Å². The number of carbonyl (C=O) groups is 1. The average Bonchev–Trinajstić information content (AvgIpc) is 3.10. The molecule has 0 radical (unpaired) electrons. The van der Waals surface area contributed by atoms with Crippen LogP contribution in [0.4, 0.5) is 20.6 Å². The van der Waals surface area contributed by atoms with Gasteiger partial charge < -0.3 is 5.32 Å². The molecule has 0 saturated carbocycles. The minimum absolute atomic E-state index is 0.161. The summed E-state index contributed by atoms with van der Waals surface area (Å²) in [7, 11) is 0. The van der Waals surface area contributed by atoms with Crippen LogP contribution in [-0.4, -0.2) is 30.6 Å². The number of urea groups is 1. The molecule has 1 fully saturated rings.